The first-order chi connectivity index (χ1) is 16.4. The van der Waals surface area contributed by atoms with Gasteiger partial charge >= 0.3 is 0 Å². The number of halogens is 2. The third-order valence-electron chi connectivity index (χ3n) is 5.05. The molecule has 0 aliphatic heterocycles. The molecular formula is C25H23Cl2N3O3S. The van der Waals surface area contributed by atoms with E-state index in [-0.39, 0.29) is 11.4 Å². The second-order valence-corrected chi connectivity index (χ2v) is 10.2. The molecule has 0 aliphatic carbocycles. The molecule has 0 radical (unpaired) electrons. The molecule has 34 heavy (non-hydrogen) atoms. The van der Waals surface area contributed by atoms with E-state index in [4.69, 9.17) is 33.0 Å². The second kappa shape index (κ2) is 10.6. The predicted molar refractivity (Wildman–Crippen MR) is 135 cm³/mol. The Hall–Kier alpha value is -2.84. The van der Waals surface area contributed by atoms with E-state index < -0.39 is 10.0 Å². The summed E-state index contributed by atoms with van der Waals surface area (Å²) in [6.07, 6.45) is 2.68. The van der Waals surface area contributed by atoms with Crippen molar-refractivity contribution in [2.45, 2.75) is 24.8 Å². The first-order valence-corrected chi connectivity index (χ1v) is 12.9. The van der Waals surface area contributed by atoms with Crippen LogP contribution in [-0.2, 0) is 16.6 Å². The molecule has 1 N–H and O–H groups in total. The fraction of sp³-hybridized carbons (Fsp3) is 0.160. The lowest BCUT2D eigenvalue weighted by Gasteiger charge is -2.10. The van der Waals surface area contributed by atoms with Crippen LogP contribution in [0.2, 0.25) is 10.0 Å². The molecule has 0 atom stereocenters. The number of nitrogens with zero attached hydrogens (tertiary/aromatic N) is 2. The van der Waals surface area contributed by atoms with Crippen LogP contribution >= 0.6 is 23.2 Å². The molecule has 0 fully saturated rings. The lowest BCUT2D eigenvalue weighted by Crippen LogP contribution is -2.23. The Kier molecular flexibility index (Phi) is 7.58. The molecular weight excluding hydrogens is 493 g/mol. The van der Waals surface area contributed by atoms with Gasteiger partial charge in [-0.15, -0.1) is 0 Å². The van der Waals surface area contributed by atoms with Gasteiger partial charge in [-0.05, 0) is 61.0 Å². The van der Waals surface area contributed by atoms with Crippen LogP contribution in [0.15, 0.2) is 83.9 Å². The van der Waals surface area contributed by atoms with Gasteiger partial charge in [0.1, 0.15) is 5.75 Å². The number of para-hydroxylation sites is 1. The van der Waals surface area contributed by atoms with Crippen LogP contribution in [0.4, 0.5) is 0 Å². The maximum Gasteiger partial charge on any atom is 0.240 e. The van der Waals surface area contributed by atoms with E-state index in [0.29, 0.717) is 33.7 Å². The first-order valence-electron chi connectivity index (χ1n) is 10.7. The topological polar surface area (TPSA) is 73.2 Å². The molecule has 1 heterocycles. The standard InChI is InChI=1S/C25H23Cl2N3O3S/c1-2-14-33-24-13-8-18(15-23(24)27)25-19(17-30(29-25)21-6-4-3-5-7-21)16-28-34(31,32)22-11-9-20(26)10-12-22/h3-13,15,17,28H,2,14,16H2,1H3. The van der Waals surface area contributed by atoms with Gasteiger partial charge in [-0.2, -0.15) is 5.10 Å². The molecule has 0 bridgehead atoms. The Bertz CT molecular complexity index is 1370. The maximum atomic E-state index is 12.8. The summed E-state index contributed by atoms with van der Waals surface area (Å²) < 4.78 is 35.7. The molecule has 9 heteroatoms. The van der Waals surface area contributed by atoms with E-state index in [1.54, 1.807) is 28.9 Å². The number of benzene rings is 3. The van der Waals surface area contributed by atoms with Crippen molar-refractivity contribution in [3.05, 3.63) is 94.6 Å². The quantitative estimate of drug-likeness (QED) is 0.291. The first kappa shape index (κ1) is 24.3. The summed E-state index contributed by atoms with van der Waals surface area (Å²) in [4.78, 5) is 0.134. The minimum Gasteiger partial charge on any atom is -0.492 e. The van der Waals surface area contributed by atoms with Crippen LogP contribution in [-0.4, -0.2) is 24.8 Å². The monoisotopic (exact) mass is 515 g/mol. The summed E-state index contributed by atoms with van der Waals surface area (Å²) in [7, 11) is -3.75. The van der Waals surface area contributed by atoms with E-state index >= 15 is 0 Å². The average Bonchev–Trinajstić information content (AvgIpc) is 3.27. The highest BCUT2D eigenvalue weighted by atomic mass is 35.5. The maximum absolute atomic E-state index is 12.8. The van der Waals surface area contributed by atoms with Crippen molar-refractivity contribution >= 4 is 33.2 Å². The van der Waals surface area contributed by atoms with Crippen LogP contribution in [0, 0.1) is 0 Å². The van der Waals surface area contributed by atoms with Crippen LogP contribution in [0.1, 0.15) is 18.9 Å². The minimum absolute atomic E-state index is 0.0405. The highest BCUT2D eigenvalue weighted by molar-refractivity contribution is 7.89. The molecule has 0 unspecified atom stereocenters. The van der Waals surface area contributed by atoms with Gasteiger partial charge in [0, 0.05) is 28.9 Å². The van der Waals surface area contributed by atoms with Gasteiger partial charge in [0.05, 0.1) is 27.9 Å². The molecule has 0 spiro atoms. The highest BCUT2D eigenvalue weighted by Gasteiger charge is 2.18. The molecule has 3 aromatic carbocycles. The van der Waals surface area contributed by atoms with Crippen LogP contribution < -0.4 is 9.46 Å². The van der Waals surface area contributed by atoms with Crippen molar-refractivity contribution < 1.29 is 13.2 Å². The summed E-state index contributed by atoms with van der Waals surface area (Å²) >= 11 is 12.3. The van der Waals surface area contributed by atoms with Crippen LogP contribution in [0.25, 0.3) is 16.9 Å². The smallest absolute Gasteiger partial charge is 0.240 e. The number of aromatic nitrogens is 2. The Morgan fingerprint density at radius 1 is 1.00 bits per heavy atom. The highest BCUT2D eigenvalue weighted by Crippen LogP contribution is 2.32. The number of sulfonamides is 1. The van der Waals surface area contributed by atoms with Crippen molar-refractivity contribution in [2.75, 3.05) is 6.61 Å². The predicted octanol–water partition coefficient (Wildman–Crippen LogP) is 6.11. The zero-order valence-corrected chi connectivity index (χ0v) is 20.7. The molecule has 176 valence electrons. The van der Waals surface area contributed by atoms with E-state index in [0.717, 1.165) is 17.7 Å². The molecule has 0 saturated carbocycles. The summed E-state index contributed by atoms with van der Waals surface area (Å²) in [6.45, 7) is 2.63. The molecule has 0 amide bonds. The van der Waals surface area contributed by atoms with Gasteiger partial charge in [-0.1, -0.05) is 48.3 Å². The lowest BCUT2D eigenvalue weighted by molar-refractivity contribution is 0.317. The zero-order valence-electron chi connectivity index (χ0n) is 18.4. The fourth-order valence-electron chi connectivity index (χ4n) is 3.34. The molecule has 4 aromatic rings. The van der Waals surface area contributed by atoms with Crippen molar-refractivity contribution in [3.8, 4) is 22.7 Å². The van der Waals surface area contributed by atoms with Crippen molar-refractivity contribution in [1.29, 1.82) is 0 Å². The van der Waals surface area contributed by atoms with Crippen molar-refractivity contribution in [3.63, 3.8) is 0 Å². The minimum atomic E-state index is -3.75. The number of rotatable bonds is 9. The van der Waals surface area contributed by atoms with Gasteiger partial charge in [0.2, 0.25) is 10.0 Å². The third kappa shape index (κ3) is 5.62. The largest absolute Gasteiger partial charge is 0.492 e. The molecule has 6 nitrogen and oxygen atoms in total. The van der Waals surface area contributed by atoms with E-state index in [1.165, 1.54) is 12.1 Å². The third-order valence-corrected chi connectivity index (χ3v) is 7.02. The Morgan fingerprint density at radius 2 is 1.74 bits per heavy atom. The summed E-state index contributed by atoms with van der Waals surface area (Å²) in [5.41, 5.74) is 2.92. The number of nitrogens with one attached hydrogen (secondary N) is 1. The summed E-state index contributed by atoms with van der Waals surface area (Å²) in [5, 5.41) is 5.67. The zero-order chi connectivity index (χ0) is 24.1. The van der Waals surface area contributed by atoms with E-state index in [9.17, 15) is 8.42 Å². The SMILES string of the molecule is CCCOc1ccc(-c2nn(-c3ccccc3)cc2CNS(=O)(=O)c2ccc(Cl)cc2)cc1Cl. The number of hydrogen-bond acceptors (Lipinski definition) is 4. The Labute approximate surface area is 209 Å². The second-order valence-electron chi connectivity index (χ2n) is 7.56. The normalized spacial score (nSPS) is 11.5. The average molecular weight is 516 g/mol. The van der Waals surface area contributed by atoms with Gasteiger partial charge in [-0.3, -0.25) is 0 Å². The van der Waals surface area contributed by atoms with Gasteiger partial charge in [0.25, 0.3) is 0 Å². The molecule has 0 aliphatic rings. The number of hydrogen-bond donors (Lipinski definition) is 1. The van der Waals surface area contributed by atoms with E-state index in [2.05, 4.69) is 4.72 Å². The summed E-state index contributed by atoms with van der Waals surface area (Å²) in [5.74, 6) is 0.597. The molecule has 0 saturated heterocycles. The van der Waals surface area contributed by atoms with Gasteiger partial charge in [0.15, 0.2) is 0 Å². The fourth-order valence-corrected chi connectivity index (χ4v) is 4.71. The number of ether oxygens (including phenoxy) is 1. The Morgan fingerprint density at radius 3 is 2.41 bits per heavy atom. The van der Waals surface area contributed by atoms with Crippen LogP contribution in [0.5, 0.6) is 5.75 Å². The molecule has 1 aromatic heterocycles. The van der Waals surface area contributed by atoms with E-state index in [1.807, 2.05) is 49.5 Å². The Balaban J connectivity index is 1.68. The van der Waals surface area contributed by atoms with Crippen molar-refractivity contribution in [2.24, 2.45) is 0 Å². The van der Waals surface area contributed by atoms with Gasteiger partial charge in [-0.25, -0.2) is 17.8 Å². The lowest BCUT2D eigenvalue weighted by atomic mass is 10.1. The molecule has 4 rings (SSSR count). The van der Waals surface area contributed by atoms with Crippen molar-refractivity contribution in [1.82, 2.24) is 14.5 Å². The van der Waals surface area contributed by atoms with Gasteiger partial charge < -0.3 is 4.74 Å². The summed E-state index contributed by atoms with van der Waals surface area (Å²) in [6, 6.07) is 21.1. The van der Waals surface area contributed by atoms with Crippen LogP contribution in [0.3, 0.4) is 0 Å².